The standard InChI is InChI=1S/C21H20FN5O/c22-16-6-8-17(9-7-16)25-20-14-19(23-15-24-20)21(28)27-12-10-26(11-13-27)18-4-2-1-3-5-18/h1-9,14-15H,10-13H2,(H,23,24,25). The van der Waals surface area contributed by atoms with Gasteiger partial charge >= 0.3 is 0 Å². The predicted octanol–water partition coefficient (Wildman–Crippen LogP) is 3.32. The zero-order chi connectivity index (χ0) is 19.3. The van der Waals surface area contributed by atoms with E-state index in [1.807, 2.05) is 23.1 Å². The van der Waals surface area contributed by atoms with Gasteiger partial charge in [-0.2, -0.15) is 0 Å². The molecule has 1 amide bonds. The average Bonchev–Trinajstić information content (AvgIpc) is 2.76. The summed E-state index contributed by atoms with van der Waals surface area (Å²) in [5, 5.41) is 3.06. The molecule has 1 fully saturated rings. The maximum atomic E-state index is 13.0. The van der Waals surface area contributed by atoms with Crippen molar-refractivity contribution in [3.05, 3.63) is 78.5 Å². The van der Waals surface area contributed by atoms with Gasteiger partial charge in [-0.05, 0) is 36.4 Å². The molecule has 0 spiro atoms. The minimum absolute atomic E-state index is 0.114. The molecule has 0 unspecified atom stereocenters. The molecule has 0 bridgehead atoms. The van der Waals surface area contributed by atoms with Crippen LogP contribution in [0, 0.1) is 5.82 Å². The highest BCUT2D eigenvalue weighted by atomic mass is 19.1. The van der Waals surface area contributed by atoms with Crippen LogP contribution in [0.25, 0.3) is 0 Å². The summed E-state index contributed by atoms with van der Waals surface area (Å²) in [5.74, 6) is 0.0731. The number of amides is 1. The number of benzene rings is 2. The lowest BCUT2D eigenvalue weighted by Gasteiger charge is -2.36. The predicted molar refractivity (Wildman–Crippen MR) is 106 cm³/mol. The van der Waals surface area contributed by atoms with Gasteiger partial charge in [0.1, 0.15) is 23.7 Å². The molecule has 1 aliphatic rings. The van der Waals surface area contributed by atoms with Crippen LogP contribution >= 0.6 is 0 Å². The molecule has 7 heteroatoms. The number of aromatic nitrogens is 2. The Morgan fingerprint density at radius 3 is 2.36 bits per heavy atom. The second kappa shape index (κ2) is 8.04. The highest BCUT2D eigenvalue weighted by molar-refractivity contribution is 5.93. The van der Waals surface area contributed by atoms with E-state index in [1.165, 1.54) is 24.1 Å². The summed E-state index contributed by atoms with van der Waals surface area (Å²) in [6.45, 7) is 2.83. The van der Waals surface area contributed by atoms with Crippen LogP contribution in [0.1, 0.15) is 10.5 Å². The Labute approximate surface area is 162 Å². The van der Waals surface area contributed by atoms with Gasteiger partial charge in [0.05, 0.1) is 0 Å². The van der Waals surface area contributed by atoms with Crippen LogP contribution in [0.2, 0.25) is 0 Å². The number of carbonyl (C=O) groups excluding carboxylic acids is 1. The van der Waals surface area contributed by atoms with E-state index in [-0.39, 0.29) is 11.7 Å². The zero-order valence-corrected chi connectivity index (χ0v) is 15.3. The first-order valence-corrected chi connectivity index (χ1v) is 9.13. The highest BCUT2D eigenvalue weighted by Gasteiger charge is 2.23. The largest absolute Gasteiger partial charge is 0.368 e. The van der Waals surface area contributed by atoms with Crippen LogP contribution in [0.5, 0.6) is 0 Å². The number of carbonyl (C=O) groups is 1. The Morgan fingerprint density at radius 2 is 1.64 bits per heavy atom. The van der Waals surface area contributed by atoms with Crippen LogP contribution in [-0.2, 0) is 0 Å². The monoisotopic (exact) mass is 377 g/mol. The molecule has 6 nitrogen and oxygen atoms in total. The molecule has 142 valence electrons. The summed E-state index contributed by atoms with van der Waals surface area (Å²) in [7, 11) is 0. The molecule has 0 atom stereocenters. The maximum absolute atomic E-state index is 13.0. The Kier molecular flexibility index (Phi) is 5.14. The zero-order valence-electron chi connectivity index (χ0n) is 15.3. The van der Waals surface area contributed by atoms with Crippen molar-refractivity contribution in [2.75, 3.05) is 36.4 Å². The van der Waals surface area contributed by atoms with Gasteiger partial charge in [0.2, 0.25) is 0 Å². The summed E-state index contributed by atoms with van der Waals surface area (Å²) in [5.41, 5.74) is 2.20. The van der Waals surface area contributed by atoms with Crippen molar-refractivity contribution >= 4 is 23.1 Å². The normalized spacial score (nSPS) is 14.0. The number of para-hydroxylation sites is 1. The lowest BCUT2D eigenvalue weighted by Crippen LogP contribution is -2.49. The fraction of sp³-hybridized carbons (Fsp3) is 0.190. The van der Waals surface area contributed by atoms with Gasteiger partial charge in [0, 0.05) is 43.6 Å². The lowest BCUT2D eigenvalue weighted by molar-refractivity contribution is 0.0740. The SMILES string of the molecule is O=C(c1cc(Nc2ccc(F)cc2)ncn1)N1CCN(c2ccccc2)CC1. The molecule has 3 aromatic rings. The first-order chi connectivity index (χ1) is 13.7. The molecule has 2 heterocycles. The van der Waals surface area contributed by atoms with E-state index in [9.17, 15) is 9.18 Å². The number of hydrogen-bond acceptors (Lipinski definition) is 5. The van der Waals surface area contributed by atoms with Gasteiger partial charge in [-0.15, -0.1) is 0 Å². The average molecular weight is 377 g/mol. The van der Waals surface area contributed by atoms with Crippen molar-refractivity contribution in [3.63, 3.8) is 0 Å². The van der Waals surface area contributed by atoms with Crippen molar-refractivity contribution in [2.45, 2.75) is 0 Å². The summed E-state index contributed by atoms with van der Waals surface area (Å²) in [6.07, 6.45) is 1.36. The summed E-state index contributed by atoms with van der Waals surface area (Å²) in [6, 6.07) is 17.8. The molecule has 1 aliphatic heterocycles. The van der Waals surface area contributed by atoms with Crippen molar-refractivity contribution in [2.24, 2.45) is 0 Å². The van der Waals surface area contributed by atoms with Crippen LogP contribution < -0.4 is 10.2 Å². The Hall–Kier alpha value is -3.48. The van der Waals surface area contributed by atoms with Gasteiger partial charge in [0.25, 0.3) is 5.91 Å². The molecule has 1 saturated heterocycles. The molecule has 0 saturated carbocycles. The van der Waals surface area contributed by atoms with E-state index >= 15 is 0 Å². The topological polar surface area (TPSA) is 61.4 Å². The van der Waals surface area contributed by atoms with Gasteiger partial charge in [-0.3, -0.25) is 4.79 Å². The van der Waals surface area contributed by atoms with Crippen LogP contribution in [0.15, 0.2) is 67.0 Å². The molecule has 0 aliphatic carbocycles. The van der Waals surface area contributed by atoms with Gasteiger partial charge in [-0.1, -0.05) is 18.2 Å². The lowest BCUT2D eigenvalue weighted by atomic mass is 10.2. The van der Waals surface area contributed by atoms with Gasteiger partial charge in [-0.25, -0.2) is 14.4 Å². The first-order valence-electron chi connectivity index (χ1n) is 9.13. The van der Waals surface area contributed by atoms with Crippen LogP contribution in [-0.4, -0.2) is 47.0 Å². The van der Waals surface area contributed by atoms with E-state index in [0.717, 1.165) is 13.1 Å². The molecule has 28 heavy (non-hydrogen) atoms. The number of hydrogen-bond donors (Lipinski definition) is 1. The summed E-state index contributed by atoms with van der Waals surface area (Å²) < 4.78 is 13.0. The number of piperazine rings is 1. The third kappa shape index (κ3) is 4.09. The Bertz CT molecular complexity index is 941. The third-order valence-corrected chi connectivity index (χ3v) is 4.69. The maximum Gasteiger partial charge on any atom is 0.272 e. The molecule has 0 radical (unpaired) electrons. The van der Waals surface area contributed by atoms with Crippen LogP contribution in [0.3, 0.4) is 0 Å². The summed E-state index contributed by atoms with van der Waals surface area (Å²) in [4.78, 5) is 25.2. The quantitative estimate of drug-likeness (QED) is 0.756. The number of nitrogens with one attached hydrogen (secondary N) is 1. The molecule has 1 aromatic heterocycles. The molecule has 1 N–H and O–H groups in total. The van der Waals surface area contributed by atoms with Crippen molar-refractivity contribution in [1.29, 1.82) is 0 Å². The van der Waals surface area contributed by atoms with Crippen molar-refractivity contribution in [1.82, 2.24) is 14.9 Å². The number of anilines is 3. The van der Waals surface area contributed by atoms with E-state index in [4.69, 9.17) is 0 Å². The van der Waals surface area contributed by atoms with Gasteiger partial charge in [0.15, 0.2) is 0 Å². The third-order valence-electron chi connectivity index (χ3n) is 4.69. The fourth-order valence-electron chi connectivity index (χ4n) is 3.19. The minimum atomic E-state index is -0.307. The second-order valence-electron chi connectivity index (χ2n) is 6.54. The molecular formula is C21H20FN5O. The molecular weight excluding hydrogens is 357 g/mol. The molecule has 2 aromatic carbocycles. The van der Waals surface area contributed by atoms with Crippen LogP contribution in [0.4, 0.5) is 21.6 Å². The molecule has 4 rings (SSSR count). The first kappa shape index (κ1) is 17.9. The second-order valence-corrected chi connectivity index (χ2v) is 6.54. The van der Waals surface area contributed by atoms with E-state index in [0.29, 0.717) is 30.3 Å². The number of halogens is 1. The van der Waals surface area contributed by atoms with Crippen molar-refractivity contribution in [3.8, 4) is 0 Å². The highest BCUT2D eigenvalue weighted by Crippen LogP contribution is 2.18. The number of rotatable bonds is 4. The van der Waals surface area contributed by atoms with Crippen molar-refractivity contribution < 1.29 is 9.18 Å². The Morgan fingerprint density at radius 1 is 0.929 bits per heavy atom. The minimum Gasteiger partial charge on any atom is -0.368 e. The van der Waals surface area contributed by atoms with E-state index in [2.05, 4.69) is 32.3 Å². The number of nitrogens with zero attached hydrogens (tertiary/aromatic N) is 4. The fourth-order valence-corrected chi connectivity index (χ4v) is 3.19. The van der Waals surface area contributed by atoms with Gasteiger partial charge < -0.3 is 15.1 Å². The smallest absolute Gasteiger partial charge is 0.272 e. The summed E-state index contributed by atoms with van der Waals surface area (Å²) >= 11 is 0. The Balaban J connectivity index is 1.40. The van der Waals surface area contributed by atoms with E-state index in [1.54, 1.807) is 18.2 Å². The van der Waals surface area contributed by atoms with E-state index < -0.39 is 0 Å².